The molecular weight excluding hydrogens is 288 g/mol. The number of hydrogen-bond donors (Lipinski definition) is 1. The zero-order valence-electron chi connectivity index (χ0n) is 10.9. The molecule has 2 N–H and O–H groups in total. The van der Waals surface area contributed by atoms with Crippen LogP contribution in [-0.4, -0.2) is 38.5 Å². The van der Waals surface area contributed by atoms with Gasteiger partial charge < -0.3 is 10.5 Å². The summed E-state index contributed by atoms with van der Waals surface area (Å²) in [7, 11) is -3.56. The van der Waals surface area contributed by atoms with E-state index in [1.54, 1.807) is 13.0 Å². The largest absolute Gasteiger partial charge is 0.397 e. The lowest BCUT2D eigenvalue weighted by molar-refractivity contribution is 0.0393. The van der Waals surface area contributed by atoms with Crippen molar-refractivity contribution >= 4 is 27.3 Å². The quantitative estimate of drug-likeness (QED) is 0.843. The Labute approximate surface area is 118 Å². The Morgan fingerprint density at radius 1 is 1.47 bits per heavy atom. The van der Waals surface area contributed by atoms with Gasteiger partial charge in [0.2, 0.25) is 10.0 Å². The number of nitrogens with zero attached hydrogens (tertiary/aromatic N) is 1. The highest BCUT2D eigenvalue weighted by atomic mass is 35.5. The minimum atomic E-state index is -3.56. The van der Waals surface area contributed by atoms with Gasteiger partial charge in [0.15, 0.2) is 0 Å². The predicted molar refractivity (Wildman–Crippen MR) is 74.8 cm³/mol. The Bertz CT molecular complexity index is 566. The van der Waals surface area contributed by atoms with Crippen molar-refractivity contribution in [1.29, 1.82) is 0 Å². The van der Waals surface area contributed by atoms with Crippen LogP contribution < -0.4 is 5.73 Å². The van der Waals surface area contributed by atoms with Gasteiger partial charge in [-0.1, -0.05) is 11.6 Å². The van der Waals surface area contributed by atoms with Crippen molar-refractivity contribution in [3.8, 4) is 0 Å². The molecule has 1 saturated heterocycles. The predicted octanol–water partition coefficient (Wildman–Crippen LogP) is 1.64. The van der Waals surface area contributed by atoms with Crippen molar-refractivity contribution in [1.82, 2.24) is 4.31 Å². The van der Waals surface area contributed by atoms with Crippen molar-refractivity contribution in [3.63, 3.8) is 0 Å². The summed E-state index contributed by atoms with van der Waals surface area (Å²) in [6, 6.07) is 2.78. The van der Waals surface area contributed by atoms with Crippen molar-refractivity contribution in [2.75, 3.05) is 25.5 Å². The fourth-order valence-electron chi connectivity index (χ4n) is 2.12. The Balaban J connectivity index is 2.44. The van der Waals surface area contributed by atoms with Crippen molar-refractivity contribution < 1.29 is 13.2 Å². The molecule has 1 atom stereocenters. The van der Waals surface area contributed by atoms with Crippen LogP contribution in [0, 0.1) is 6.92 Å². The molecule has 0 unspecified atom stereocenters. The maximum atomic E-state index is 12.6. The third kappa shape index (κ3) is 2.72. The zero-order valence-corrected chi connectivity index (χ0v) is 12.5. The Kier molecular flexibility index (Phi) is 4.06. The molecule has 0 bridgehead atoms. The van der Waals surface area contributed by atoms with E-state index in [2.05, 4.69) is 0 Å². The average Bonchev–Trinajstić information content (AvgIpc) is 2.35. The van der Waals surface area contributed by atoms with Crippen LogP contribution in [0.2, 0.25) is 5.02 Å². The van der Waals surface area contributed by atoms with Crippen LogP contribution >= 0.6 is 11.6 Å². The maximum absolute atomic E-state index is 12.6. The molecular formula is C12H17ClN2O3S. The summed E-state index contributed by atoms with van der Waals surface area (Å²) in [5.74, 6) is 0. The first kappa shape index (κ1) is 14.6. The Morgan fingerprint density at radius 2 is 2.16 bits per heavy atom. The fraction of sp³-hybridized carbons (Fsp3) is 0.500. The van der Waals surface area contributed by atoms with Gasteiger partial charge in [0.25, 0.3) is 0 Å². The summed E-state index contributed by atoms with van der Waals surface area (Å²) in [5, 5.41) is 0.397. The van der Waals surface area contributed by atoms with Gasteiger partial charge >= 0.3 is 0 Å². The molecule has 0 amide bonds. The molecule has 5 nitrogen and oxygen atoms in total. The normalized spacial score (nSPS) is 21.5. The van der Waals surface area contributed by atoms with Gasteiger partial charge in [-0.3, -0.25) is 0 Å². The monoisotopic (exact) mass is 304 g/mol. The molecule has 1 aromatic carbocycles. The van der Waals surface area contributed by atoms with E-state index < -0.39 is 10.0 Å². The molecule has 7 heteroatoms. The number of rotatable bonds is 2. The lowest BCUT2D eigenvalue weighted by Gasteiger charge is -2.32. The van der Waals surface area contributed by atoms with Gasteiger partial charge in [-0.05, 0) is 31.5 Å². The summed E-state index contributed by atoms with van der Waals surface area (Å²) in [4.78, 5) is 0.181. The number of ether oxygens (including phenoxy) is 1. The number of benzene rings is 1. The van der Waals surface area contributed by atoms with Gasteiger partial charge in [0.1, 0.15) is 0 Å². The van der Waals surface area contributed by atoms with E-state index in [9.17, 15) is 8.42 Å². The van der Waals surface area contributed by atoms with E-state index in [1.165, 1.54) is 10.4 Å². The van der Waals surface area contributed by atoms with Crippen molar-refractivity contribution in [3.05, 3.63) is 22.7 Å². The molecule has 106 valence electrons. The second-order valence-corrected chi connectivity index (χ2v) is 6.95. The molecule has 0 saturated carbocycles. The summed E-state index contributed by atoms with van der Waals surface area (Å²) < 4.78 is 31.9. The smallest absolute Gasteiger partial charge is 0.243 e. The fourth-order valence-corrected chi connectivity index (χ4v) is 3.95. The van der Waals surface area contributed by atoms with Crippen LogP contribution in [0.5, 0.6) is 0 Å². The number of nitrogens with two attached hydrogens (primary N) is 1. The SMILES string of the molecule is Cc1cc(S(=O)(=O)N2CCOC[C@H]2C)cc(N)c1Cl. The van der Waals surface area contributed by atoms with Gasteiger partial charge in [-0.25, -0.2) is 8.42 Å². The number of anilines is 1. The molecule has 1 heterocycles. The second-order valence-electron chi connectivity index (χ2n) is 4.68. The number of halogens is 1. The van der Waals surface area contributed by atoms with Crippen LogP contribution in [0.15, 0.2) is 17.0 Å². The highest BCUT2D eigenvalue weighted by molar-refractivity contribution is 7.89. The Hall–Kier alpha value is -0.820. The van der Waals surface area contributed by atoms with E-state index in [4.69, 9.17) is 22.1 Å². The van der Waals surface area contributed by atoms with E-state index in [0.29, 0.717) is 30.3 Å². The lowest BCUT2D eigenvalue weighted by atomic mass is 10.2. The van der Waals surface area contributed by atoms with E-state index in [-0.39, 0.29) is 16.6 Å². The summed E-state index contributed by atoms with van der Waals surface area (Å²) in [6.07, 6.45) is 0. The summed E-state index contributed by atoms with van der Waals surface area (Å²) >= 11 is 5.96. The van der Waals surface area contributed by atoms with E-state index in [1.807, 2.05) is 6.92 Å². The van der Waals surface area contributed by atoms with E-state index in [0.717, 1.165) is 0 Å². The molecule has 0 spiro atoms. The molecule has 1 fully saturated rings. The molecule has 19 heavy (non-hydrogen) atoms. The topological polar surface area (TPSA) is 72.6 Å². The maximum Gasteiger partial charge on any atom is 0.243 e. The van der Waals surface area contributed by atoms with Crippen LogP contribution in [0.1, 0.15) is 12.5 Å². The second kappa shape index (κ2) is 5.28. The standard InChI is InChI=1S/C12H17ClN2O3S/c1-8-5-10(6-11(14)12(8)13)19(16,17)15-3-4-18-7-9(15)2/h5-6,9H,3-4,7,14H2,1-2H3/t9-/m1/s1. The van der Waals surface area contributed by atoms with Crippen molar-refractivity contribution in [2.45, 2.75) is 24.8 Å². The molecule has 1 aliphatic rings. The van der Waals surface area contributed by atoms with Crippen LogP contribution in [0.4, 0.5) is 5.69 Å². The van der Waals surface area contributed by atoms with Crippen LogP contribution in [-0.2, 0) is 14.8 Å². The number of morpholine rings is 1. The highest BCUT2D eigenvalue weighted by Crippen LogP contribution is 2.29. The minimum absolute atomic E-state index is 0.181. The highest BCUT2D eigenvalue weighted by Gasteiger charge is 2.32. The average molecular weight is 305 g/mol. The summed E-state index contributed by atoms with van der Waals surface area (Å²) in [5.41, 5.74) is 6.68. The number of nitrogen functional groups attached to an aromatic ring is 1. The Morgan fingerprint density at radius 3 is 2.74 bits per heavy atom. The van der Waals surface area contributed by atoms with Crippen LogP contribution in [0.25, 0.3) is 0 Å². The molecule has 0 aromatic heterocycles. The lowest BCUT2D eigenvalue weighted by Crippen LogP contribution is -2.46. The first-order chi connectivity index (χ1) is 8.84. The zero-order chi connectivity index (χ0) is 14.2. The third-order valence-electron chi connectivity index (χ3n) is 3.17. The molecule has 0 aliphatic carbocycles. The van der Waals surface area contributed by atoms with Gasteiger partial charge in [0, 0.05) is 12.6 Å². The molecule has 1 aromatic rings. The first-order valence-electron chi connectivity index (χ1n) is 5.99. The molecule has 1 aliphatic heterocycles. The molecule has 2 rings (SSSR count). The number of hydrogen-bond acceptors (Lipinski definition) is 4. The van der Waals surface area contributed by atoms with Gasteiger partial charge in [0.05, 0.1) is 28.8 Å². The third-order valence-corrected chi connectivity index (χ3v) is 5.68. The van der Waals surface area contributed by atoms with E-state index >= 15 is 0 Å². The molecule has 0 radical (unpaired) electrons. The van der Waals surface area contributed by atoms with Crippen LogP contribution in [0.3, 0.4) is 0 Å². The first-order valence-corrected chi connectivity index (χ1v) is 7.81. The minimum Gasteiger partial charge on any atom is -0.397 e. The van der Waals surface area contributed by atoms with Gasteiger partial charge in [-0.2, -0.15) is 4.31 Å². The number of aryl methyl sites for hydroxylation is 1. The van der Waals surface area contributed by atoms with Crippen molar-refractivity contribution in [2.24, 2.45) is 0 Å². The summed E-state index contributed by atoms with van der Waals surface area (Å²) in [6.45, 7) is 4.72. The van der Waals surface area contributed by atoms with Gasteiger partial charge in [-0.15, -0.1) is 0 Å². The number of sulfonamides is 1.